The molecule has 0 aliphatic carbocycles. The van der Waals surface area contributed by atoms with Crippen molar-refractivity contribution in [2.45, 2.75) is 18.1 Å². The summed E-state index contributed by atoms with van der Waals surface area (Å²) in [6.45, 7) is 1.56. The fourth-order valence-corrected chi connectivity index (χ4v) is 3.35. The molecule has 1 fully saturated rings. The standard InChI is InChI=1S/C20H17B2NO4/c21-20(22)7-9-23(10-8-20)13-3-1-12(2-4-13)17-11-16(25)14-5-6-15(24)18(26)19(14)27-17/h1-6,11,24,26H,7-10H2. The first-order valence-corrected chi connectivity index (χ1v) is 8.76. The van der Waals surface area contributed by atoms with Gasteiger partial charge in [-0.15, -0.1) is 0 Å². The second-order valence-electron chi connectivity index (χ2n) is 7.05. The minimum atomic E-state index is -0.599. The van der Waals surface area contributed by atoms with Crippen molar-refractivity contribution < 1.29 is 14.6 Å². The van der Waals surface area contributed by atoms with Gasteiger partial charge in [-0.05, 0) is 49.2 Å². The molecule has 1 aliphatic heterocycles. The number of piperidine rings is 1. The highest BCUT2D eigenvalue weighted by molar-refractivity contribution is 6.39. The normalized spacial score (nSPS) is 16.5. The van der Waals surface area contributed by atoms with E-state index in [2.05, 4.69) is 4.90 Å². The molecule has 0 amide bonds. The number of phenolic OH excluding ortho intramolecular Hbond substituents is 2. The van der Waals surface area contributed by atoms with E-state index in [9.17, 15) is 15.0 Å². The van der Waals surface area contributed by atoms with E-state index in [1.165, 1.54) is 18.2 Å². The Labute approximate surface area is 159 Å². The lowest BCUT2D eigenvalue weighted by Gasteiger charge is -2.39. The van der Waals surface area contributed by atoms with Gasteiger partial charge in [-0.25, -0.2) is 0 Å². The highest BCUT2D eigenvalue weighted by Crippen LogP contribution is 2.36. The van der Waals surface area contributed by atoms with Crippen LogP contribution in [-0.2, 0) is 0 Å². The van der Waals surface area contributed by atoms with Crippen LogP contribution in [0.1, 0.15) is 12.8 Å². The molecule has 0 bridgehead atoms. The number of phenols is 2. The number of aromatic hydroxyl groups is 2. The summed E-state index contributed by atoms with van der Waals surface area (Å²) < 4.78 is 5.70. The Kier molecular flexibility index (Phi) is 4.17. The van der Waals surface area contributed by atoms with Crippen molar-refractivity contribution in [1.82, 2.24) is 0 Å². The molecule has 0 saturated carbocycles. The number of hydrogen-bond donors (Lipinski definition) is 2. The topological polar surface area (TPSA) is 73.9 Å². The minimum Gasteiger partial charge on any atom is -0.504 e. The zero-order chi connectivity index (χ0) is 19.2. The third kappa shape index (κ3) is 3.29. The maximum atomic E-state index is 12.3. The van der Waals surface area contributed by atoms with Gasteiger partial charge in [0.25, 0.3) is 0 Å². The summed E-state index contributed by atoms with van der Waals surface area (Å²) in [6, 6.07) is 11.7. The maximum Gasteiger partial charge on any atom is 0.201 e. The van der Waals surface area contributed by atoms with Gasteiger partial charge >= 0.3 is 0 Å². The first-order chi connectivity index (χ1) is 12.8. The highest BCUT2D eigenvalue weighted by Gasteiger charge is 2.24. The molecule has 4 radical (unpaired) electrons. The van der Waals surface area contributed by atoms with E-state index < -0.39 is 11.0 Å². The van der Waals surface area contributed by atoms with E-state index >= 15 is 0 Å². The van der Waals surface area contributed by atoms with Crippen molar-refractivity contribution in [3.05, 3.63) is 52.7 Å². The van der Waals surface area contributed by atoms with Crippen LogP contribution in [0.3, 0.4) is 0 Å². The van der Waals surface area contributed by atoms with Gasteiger partial charge < -0.3 is 19.5 Å². The van der Waals surface area contributed by atoms with Crippen LogP contribution in [0.4, 0.5) is 5.69 Å². The number of anilines is 1. The Hall–Kier alpha value is -2.82. The average molecular weight is 357 g/mol. The van der Waals surface area contributed by atoms with Crippen molar-refractivity contribution in [2.75, 3.05) is 18.0 Å². The lowest BCUT2D eigenvalue weighted by Crippen LogP contribution is -2.37. The summed E-state index contributed by atoms with van der Waals surface area (Å²) in [5, 5.41) is 19.3. The second-order valence-corrected chi connectivity index (χ2v) is 7.05. The molecule has 0 unspecified atom stereocenters. The summed E-state index contributed by atoms with van der Waals surface area (Å²) in [4.78, 5) is 14.5. The Morgan fingerprint density at radius 1 is 1.00 bits per heavy atom. The van der Waals surface area contributed by atoms with Gasteiger partial charge in [-0.1, -0.05) is 5.21 Å². The van der Waals surface area contributed by atoms with Gasteiger partial charge in [-0.2, -0.15) is 0 Å². The van der Waals surface area contributed by atoms with Crippen LogP contribution < -0.4 is 10.3 Å². The molecule has 0 spiro atoms. The second kappa shape index (κ2) is 6.41. The quantitative estimate of drug-likeness (QED) is 0.545. The summed E-state index contributed by atoms with van der Waals surface area (Å²) in [5.74, 6) is -0.455. The number of rotatable bonds is 2. The average Bonchev–Trinajstić information content (AvgIpc) is 2.65. The highest BCUT2D eigenvalue weighted by atomic mass is 16.4. The van der Waals surface area contributed by atoms with Gasteiger partial charge in [0, 0.05) is 30.4 Å². The Bertz CT molecular complexity index is 1050. The van der Waals surface area contributed by atoms with Crippen LogP contribution in [0.15, 0.2) is 51.7 Å². The monoisotopic (exact) mass is 357 g/mol. The van der Waals surface area contributed by atoms with Crippen LogP contribution >= 0.6 is 0 Å². The third-order valence-electron chi connectivity index (χ3n) is 5.06. The van der Waals surface area contributed by atoms with Gasteiger partial charge in [0.2, 0.25) is 5.75 Å². The van der Waals surface area contributed by atoms with Crippen molar-refractivity contribution >= 4 is 32.3 Å². The fourth-order valence-electron chi connectivity index (χ4n) is 3.35. The van der Waals surface area contributed by atoms with Crippen LogP contribution in [0.5, 0.6) is 11.5 Å². The molecule has 3 aromatic rings. The number of benzene rings is 2. The number of hydrogen-bond acceptors (Lipinski definition) is 5. The molecule has 5 nitrogen and oxygen atoms in total. The van der Waals surface area contributed by atoms with E-state index in [0.29, 0.717) is 11.3 Å². The molecule has 0 atom stereocenters. The largest absolute Gasteiger partial charge is 0.504 e. The first kappa shape index (κ1) is 17.6. The maximum absolute atomic E-state index is 12.3. The first-order valence-electron chi connectivity index (χ1n) is 8.76. The molecule has 27 heavy (non-hydrogen) atoms. The Morgan fingerprint density at radius 3 is 2.33 bits per heavy atom. The van der Waals surface area contributed by atoms with E-state index in [-0.39, 0.29) is 22.1 Å². The predicted octanol–water partition coefficient (Wildman–Crippen LogP) is 2.92. The van der Waals surface area contributed by atoms with Gasteiger partial charge in [0.05, 0.1) is 21.1 Å². The van der Waals surface area contributed by atoms with Crippen molar-refractivity contribution in [1.29, 1.82) is 0 Å². The third-order valence-corrected chi connectivity index (χ3v) is 5.06. The smallest absolute Gasteiger partial charge is 0.201 e. The molecular weight excluding hydrogens is 340 g/mol. The Morgan fingerprint density at radius 2 is 1.67 bits per heavy atom. The van der Waals surface area contributed by atoms with Crippen LogP contribution in [0, 0.1) is 0 Å². The minimum absolute atomic E-state index is 0.0279. The van der Waals surface area contributed by atoms with Gasteiger partial charge in [-0.3, -0.25) is 4.79 Å². The molecule has 1 aromatic heterocycles. The van der Waals surface area contributed by atoms with Crippen LogP contribution in [-0.4, -0.2) is 39.0 Å². The lowest BCUT2D eigenvalue weighted by molar-refractivity contribution is 0.400. The molecule has 4 rings (SSSR count). The number of fused-ring (bicyclic) bond motifs is 1. The van der Waals surface area contributed by atoms with Gasteiger partial charge in [0.1, 0.15) is 5.76 Å². The van der Waals surface area contributed by atoms with Crippen molar-refractivity contribution in [2.24, 2.45) is 0 Å². The molecule has 1 aliphatic rings. The fraction of sp³-hybridized carbons (Fsp3) is 0.250. The van der Waals surface area contributed by atoms with Crippen molar-refractivity contribution in [3.63, 3.8) is 0 Å². The summed E-state index contributed by atoms with van der Waals surface area (Å²) in [7, 11) is 11.9. The van der Waals surface area contributed by atoms with E-state index in [4.69, 9.17) is 20.1 Å². The molecule has 2 heterocycles. The predicted molar refractivity (Wildman–Crippen MR) is 107 cm³/mol. The Balaban J connectivity index is 1.66. The summed E-state index contributed by atoms with van der Waals surface area (Å²) in [6.07, 6.45) is 1.44. The molecule has 1 saturated heterocycles. The van der Waals surface area contributed by atoms with E-state index in [1.807, 2.05) is 24.3 Å². The lowest BCUT2D eigenvalue weighted by atomic mass is 9.50. The summed E-state index contributed by atoms with van der Waals surface area (Å²) >= 11 is 0. The molecule has 2 N–H and O–H groups in total. The van der Waals surface area contributed by atoms with Crippen LogP contribution in [0.2, 0.25) is 5.21 Å². The van der Waals surface area contributed by atoms with Crippen LogP contribution in [0.25, 0.3) is 22.3 Å². The molecular formula is C20H17B2NO4. The zero-order valence-electron chi connectivity index (χ0n) is 14.7. The number of nitrogens with zero attached hydrogens (tertiary/aromatic N) is 1. The van der Waals surface area contributed by atoms with E-state index in [1.54, 1.807) is 0 Å². The molecule has 7 heteroatoms. The van der Waals surface area contributed by atoms with Gasteiger partial charge in [0.15, 0.2) is 16.8 Å². The van der Waals surface area contributed by atoms with E-state index in [0.717, 1.165) is 31.6 Å². The SMILES string of the molecule is [B]C1([B])CCN(c2ccc(-c3cc(=O)c4ccc(O)c(O)c4o3)cc2)CC1. The zero-order valence-corrected chi connectivity index (χ0v) is 14.7. The molecule has 132 valence electrons. The molecule has 2 aromatic carbocycles. The van der Waals surface area contributed by atoms with Crippen molar-refractivity contribution in [3.8, 4) is 22.8 Å². The summed E-state index contributed by atoms with van der Waals surface area (Å²) in [5.41, 5.74) is 1.42.